The molecule has 8 nitrogen and oxygen atoms in total. The van der Waals surface area contributed by atoms with Crippen LogP contribution < -0.4 is 16.2 Å². The Hall–Kier alpha value is -4.21. The molecular weight excluding hydrogens is 460 g/mol. The zero-order valence-corrected chi connectivity index (χ0v) is 19.4. The number of carbonyl (C=O) groups is 2. The van der Waals surface area contributed by atoms with Crippen LogP contribution in [-0.4, -0.2) is 28.3 Å². The molecule has 2 aromatic carbocycles. The van der Waals surface area contributed by atoms with Crippen molar-refractivity contribution in [3.63, 3.8) is 0 Å². The van der Waals surface area contributed by atoms with Gasteiger partial charge in [-0.3, -0.25) is 9.59 Å². The summed E-state index contributed by atoms with van der Waals surface area (Å²) in [4.78, 5) is 37.4. The lowest BCUT2D eigenvalue weighted by atomic mass is 9.97. The van der Waals surface area contributed by atoms with Gasteiger partial charge < -0.3 is 25.0 Å². The summed E-state index contributed by atoms with van der Waals surface area (Å²) in [5.41, 5.74) is 0.864. The Kier molecular flexibility index (Phi) is 7.85. The van der Waals surface area contributed by atoms with E-state index in [4.69, 9.17) is 4.74 Å². The highest BCUT2D eigenvalue weighted by atomic mass is 19.2. The molecule has 3 N–H and O–H groups in total. The molecule has 0 bridgehead atoms. The van der Waals surface area contributed by atoms with E-state index in [0.717, 1.165) is 12.1 Å². The van der Waals surface area contributed by atoms with E-state index in [1.165, 1.54) is 23.9 Å². The van der Waals surface area contributed by atoms with Crippen LogP contribution in [0.1, 0.15) is 30.5 Å². The first kappa shape index (κ1) is 25.4. The summed E-state index contributed by atoms with van der Waals surface area (Å²) in [6.07, 6.45) is 1.19. The van der Waals surface area contributed by atoms with Crippen molar-refractivity contribution in [1.29, 1.82) is 0 Å². The fraction of sp³-hybridized carbons (Fsp3) is 0.240. The second-order valence-electron chi connectivity index (χ2n) is 7.87. The minimum absolute atomic E-state index is 0.139. The maximum absolute atomic E-state index is 13.7. The number of nitrogens with one attached hydrogen (secondary N) is 2. The lowest BCUT2D eigenvalue weighted by Crippen LogP contribution is -2.36. The van der Waals surface area contributed by atoms with Crippen molar-refractivity contribution >= 4 is 17.7 Å². The van der Waals surface area contributed by atoms with Gasteiger partial charge in [0.05, 0.1) is 19.1 Å². The molecule has 0 aliphatic carbocycles. The van der Waals surface area contributed by atoms with E-state index in [1.54, 1.807) is 38.1 Å². The fourth-order valence-electron chi connectivity index (χ4n) is 3.56. The van der Waals surface area contributed by atoms with Crippen LogP contribution >= 0.6 is 0 Å². The molecule has 1 atom stereocenters. The SMILES string of the molecule is CCOC(=O)C[C@H](NC(=O)Nc1c(O)c(C)cn(C)c1=O)c1cccc(-c2ccc(F)c(F)c2)c1. The number of benzene rings is 2. The molecule has 0 fully saturated rings. The molecule has 35 heavy (non-hydrogen) atoms. The smallest absolute Gasteiger partial charge is 0.319 e. The van der Waals surface area contributed by atoms with E-state index in [0.29, 0.717) is 22.3 Å². The van der Waals surface area contributed by atoms with Crippen molar-refractivity contribution in [2.24, 2.45) is 7.05 Å². The standard InChI is InChI=1S/C25H25F2N3O5/c1-4-35-21(31)12-20(28-25(34)29-22-23(32)14(2)13-30(3)24(22)33)17-7-5-6-15(10-17)16-8-9-18(26)19(27)11-16/h5-11,13,20,32H,4,12H2,1-3H3,(H2,28,29,34)/t20-/m0/s1. The topological polar surface area (TPSA) is 110 Å². The summed E-state index contributed by atoms with van der Waals surface area (Å²) < 4.78 is 33.3. The minimum atomic E-state index is -1.01. The van der Waals surface area contributed by atoms with Crippen molar-refractivity contribution in [2.75, 3.05) is 11.9 Å². The number of aromatic hydroxyl groups is 1. The summed E-state index contributed by atoms with van der Waals surface area (Å²) >= 11 is 0. The van der Waals surface area contributed by atoms with Gasteiger partial charge in [0.15, 0.2) is 17.3 Å². The molecule has 0 saturated heterocycles. The Morgan fingerprint density at radius 3 is 2.51 bits per heavy atom. The molecule has 184 valence electrons. The van der Waals surface area contributed by atoms with Gasteiger partial charge in [-0.25, -0.2) is 13.6 Å². The fourth-order valence-corrected chi connectivity index (χ4v) is 3.56. The molecule has 0 aliphatic heterocycles. The number of pyridine rings is 1. The third-order valence-corrected chi connectivity index (χ3v) is 5.29. The van der Waals surface area contributed by atoms with Crippen LogP contribution in [0.5, 0.6) is 5.75 Å². The second kappa shape index (κ2) is 10.8. The van der Waals surface area contributed by atoms with Gasteiger partial charge in [0.2, 0.25) is 0 Å². The Labute approximate surface area is 200 Å². The van der Waals surface area contributed by atoms with Gasteiger partial charge in [-0.2, -0.15) is 0 Å². The predicted molar refractivity (Wildman–Crippen MR) is 126 cm³/mol. The van der Waals surface area contributed by atoms with E-state index >= 15 is 0 Å². The van der Waals surface area contributed by atoms with Gasteiger partial charge >= 0.3 is 12.0 Å². The molecule has 0 aliphatic rings. The first-order valence-electron chi connectivity index (χ1n) is 10.8. The Balaban J connectivity index is 1.91. The van der Waals surface area contributed by atoms with Crippen molar-refractivity contribution in [2.45, 2.75) is 26.3 Å². The number of amides is 2. The number of hydrogen-bond donors (Lipinski definition) is 3. The number of esters is 1. The van der Waals surface area contributed by atoms with E-state index in [-0.39, 0.29) is 24.5 Å². The molecule has 1 heterocycles. The van der Waals surface area contributed by atoms with Crippen LogP contribution in [0.25, 0.3) is 11.1 Å². The molecule has 0 unspecified atom stereocenters. The summed E-state index contributed by atoms with van der Waals surface area (Å²) in [6.45, 7) is 3.36. The average molecular weight is 485 g/mol. The minimum Gasteiger partial charge on any atom is -0.505 e. The number of anilines is 1. The highest BCUT2D eigenvalue weighted by Crippen LogP contribution is 2.27. The molecule has 0 saturated carbocycles. The van der Waals surface area contributed by atoms with Crippen molar-refractivity contribution in [3.05, 3.63) is 81.8 Å². The number of urea groups is 1. The highest BCUT2D eigenvalue weighted by molar-refractivity contribution is 5.91. The summed E-state index contributed by atoms with van der Waals surface area (Å²) in [5, 5.41) is 15.2. The first-order valence-corrected chi connectivity index (χ1v) is 10.8. The quantitative estimate of drug-likeness (QED) is 0.436. The molecule has 3 rings (SSSR count). The number of rotatable bonds is 7. The lowest BCUT2D eigenvalue weighted by molar-refractivity contribution is -0.143. The van der Waals surface area contributed by atoms with Crippen molar-refractivity contribution < 1.29 is 28.2 Å². The summed E-state index contributed by atoms with van der Waals surface area (Å²) in [7, 11) is 1.48. The molecule has 0 radical (unpaired) electrons. The highest BCUT2D eigenvalue weighted by Gasteiger charge is 2.22. The van der Waals surface area contributed by atoms with Gasteiger partial charge in [-0.05, 0) is 48.7 Å². The summed E-state index contributed by atoms with van der Waals surface area (Å²) in [6, 6.07) is 8.33. The first-order chi connectivity index (χ1) is 16.6. The molecule has 10 heteroatoms. The maximum atomic E-state index is 13.7. The van der Waals surface area contributed by atoms with E-state index < -0.39 is 35.2 Å². The van der Waals surface area contributed by atoms with Crippen LogP contribution in [0.3, 0.4) is 0 Å². The zero-order valence-electron chi connectivity index (χ0n) is 19.4. The molecule has 0 spiro atoms. The van der Waals surface area contributed by atoms with Crippen molar-refractivity contribution in [1.82, 2.24) is 9.88 Å². The molecular formula is C25H25F2N3O5. The third kappa shape index (κ3) is 6.03. The number of halogens is 2. The Morgan fingerprint density at radius 2 is 1.83 bits per heavy atom. The van der Waals surface area contributed by atoms with Crippen LogP contribution in [-0.2, 0) is 16.6 Å². The van der Waals surface area contributed by atoms with Gasteiger partial charge in [-0.15, -0.1) is 0 Å². The second-order valence-corrected chi connectivity index (χ2v) is 7.87. The lowest BCUT2D eigenvalue weighted by Gasteiger charge is -2.20. The Bertz CT molecular complexity index is 1320. The van der Waals surface area contributed by atoms with Gasteiger partial charge in [0.1, 0.15) is 5.75 Å². The maximum Gasteiger partial charge on any atom is 0.319 e. The molecule has 1 aromatic heterocycles. The molecule has 2 amide bonds. The molecule has 3 aromatic rings. The van der Waals surface area contributed by atoms with Gasteiger partial charge in [0.25, 0.3) is 5.56 Å². The number of ether oxygens (including phenoxy) is 1. The normalized spacial score (nSPS) is 11.6. The van der Waals surface area contributed by atoms with Gasteiger partial charge in [-0.1, -0.05) is 24.3 Å². The number of aromatic nitrogens is 1. The zero-order chi connectivity index (χ0) is 25.7. The number of nitrogens with zero attached hydrogens (tertiary/aromatic N) is 1. The van der Waals surface area contributed by atoms with Crippen molar-refractivity contribution in [3.8, 4) is 16.9 Å². The summed E-state index contributed by atoms with van der Waals surface area (Å²) in [5.74, 6) is -2.93. The number of carbonyl (C=O) groups excluding carboxylic acids is 2. The van der Waals surface area contributed by atoms with Crippen LogP contribution in [0.4, 0.5) is 19.3 Å². The monoisotopic (exact) mass is 485 g/mol. The van der Waals surface area contributed by atoms with Crippen LogP contribution in [0.2, 0.25) is 0 Å². The van der Waals surface area contributed by atoms with E-state index in [9.17, 15) is 28.3 Å². The van der Waals surface area contributed by atoms with Gasteiger partial charge in [0, 0.05) is 18.8 Å². The van der Waals surface area contributed by atoms with Crippen LogP contribution in [0, 0.1) is 18.6 Å². The van der Waals surface area contributed by atoms with E-state index in [2.05, 4.69) is 10.6 Å². The number of hydrogen-bond acceptors (Lipinski definition) is 5. The van der Waals surface area contributed by atoms with Crippen LogP contribution in [0.15, 0.2) is 53.5 Å². The van der Waals surface area contributed by atoms with E-state index in [1.807, 2.05) is 0 Å². The Morgan fingerprint density at radius 1 is 1.11 bits per heavy atom. The largest absolute Gasteiger partial charge is 0.505 e. The average Bonchev–Trinajstić information content (AvgIpc) is 2.82. The number of aryl methyl sites for hydroxylation is 2. The third-order valence-electron chi connectivity index (χ3n) is 5.29. The predicted octanol–water partition coefficient (Wildman–Crippen LogP) is 4.16.